The molecule has 1 heterocycles. The number of hydrogen-bond acceptors (Lipinski definition) is 6. The highest BCUT2D eigenvalue weighted by atomic mass is 19.3. The molecular formula is C25H34F4O6. The third-order valence-electron chi connectivity index (χ3n) is 7.25. The lowest BCUT2D eigenvalue weighted by Gasteiger charge is -2.47. The number of allylic oxidation sites excluding steroid dienone is 1. The third kappa shape index (κ3) is 5.90. The molecule has 2 unspecified atom stereocenters. The largest absolute Gasteiger partial charge is 0.466 e. The highest BCUT2D eigenvalue weighted by molar-refractivity contribution is 5.87. The van der Waals surface area contributed by atoms with Crippen LogP contribution in [-0.4, -0.2) is 55.0 Å². The maximum atomic E-state index is 14.0. The van der Waals surface area contributed by atoms with Gasteiger partial charge in [0.05, 0.1) is 13.0 Å². The van der Waals surface area contributed by atoms with Crippen molar-refractivity contribution in [3.05, 3.63) is 24.3 Å². The van der Waals surface area contributed by atoms with Gasteiger partial charge in [-0.2, -0.15) is 17.6 Å². The van der Waals surface area contributed by atoms with Crippen molar-refractivity contribution in [2.45, 2.75) is 88.4 Å². The first-order chi connectivity index (χ1) is 16.2. The highest BCUT2D eigenvalue weighted by Gasteiger charge is 2.63. The summed E-state index contributed by atoms with van der Waals surface area (Å²) in [5.74, 6) is -12.6. The van der Waals surface area contributed by atoms with Crippen LogP contribution >= 0.6 is 0 Å². The van der Waals surface area contributed by atoms with Crippen LogP contribution in [0.3, 0.4) is 0 Å². The first kappa shape index (κ1) is 27.6. The monoisotopic (exact) mass is 506 g/mol. The van der Waals surface area contributed by atoms with E-state index in [1.165, 1.54) is 6.92 Å². The van der Waals surface area contributed by atoms with E-state index < -0.39 is 60.2 Å². The summed E-state index contributed by atoms with van der Waals surface area (Å²) in [6, 6.07) is 0. The number of halogens is 4. The third-order valence-corrected chi connectivity index (χ3v) is 7.25. The van der Waals surface area contributed by atoms with E-state index in [9.17, 15) is 27.2 Å². The summed E-state index contributed by atoms with van der Waals surface area (Å²) in [4.78, 5) is 24.6. The number of alkyl halides is 4. The predicted molar refractivity (Wildman–Crippen MR) is 118 cm³/mol. The number of esters is 2. The van der Waals surface area contributed by atoms with Crippen LogP contribution < -0.4 is 0 Å². The Balaban J connectivity index is 1.64. The minimum absolute atomic E-state index is 0.102. The van der Waals surface area contributed by atoms with Crippen LogP contribution in [0, 0.1) is 11.8 Å². The van der Waals surface area contributed by atoms with E-state index in [-0.39, 0.29) is 25.0 Å². The average Bonchev–Trinajstić information content (AvgIpc) is 3.16. The fraction of sp³-hybridized carbons (Fsp3) is 0.760. The van der Waals surface area contributed by atoms with Crippen LogP contribution in [0.15, 0.2) is 24.3 Å². The first-order valence-electron chi connectivity index (χ1n) is 12.0. The molecule has 3 rings (SSSR count). The van der Waals surface area contributed by atoms with Crippen molar-refractivity contribution in [2.75, 3.05) is 19.8 Å². The van der Waals surface area contributed by atoms with Gasteiger partial charge >= 0.3 is 23.8 Å². The second kappa shape index (κ2) is 10.2. The molecule has 1 aliphatic heterocycles. The van der Waals surface area contributed by atoms with Crippen molar-refractivity contribution in [1.82, 2.24) is 0 Å². The fourth-order valence-corrected chi connectivity index (χ4v) is 5.28. The zero-order valence-electron chi connectivity index (χ0n) is 20.3. The van der Waals surface area contributed by atoms with Gasteiger partial charge in [0.1, 0.15) is 18.8 Å². The molecule has 35 heavy (non-hydrogen) atoms. The summed E-state index contributed by atoms with van der Waals surface area (Å²) >= 11 is 0. The van der Waals surface area contributed by atoms with Crippen LogP contribution in [-0.2, 0) is 28.5 Å². The number of ether oxygens (including phenoxy) is 4. The molecule has 1 saturated heterocycles. The lowest BCUT2D eigenvalue weighted by Crippen LogP contribution is -2.52. The standard InChI is InChI=1S/C25H34F4O6/c1-16(2)21(31)35-22(8-5-6-9-22)13-20(30)32-10-7-19-12-17(3)11-18(4)25(19)33-14-23(26,27)24(28,29)15-34-25/h18-19H,1,3,5-15H2,2,4H3. The molecular weight excluding hydrogens is 472 g/mol. The Labute approximate surface area is 203 Å². The molecule has 0 N–H and O–H groups in total. The quantitative estimate of drug-likeness (QED) is 0.200. The zero-order valence-corrected chi connectivity index (χ0v) is 20.3. The molecule has 2 atom stereocenters. The Morgan fingerprint density at radius 2 is 1.63 bits per heavy atom. The van der Waals surface area contributed by atoms with E-state index in [0.29, 0.717) is 25.7 Å². The van der Waals surface area contributed by atoms with Gasteiger partial charge in [0.15, 0.2) is 5.79 Å². The molecule has 3 fully saturated rings. The Bertz CT molecular complexity index is 831. The van der Waals surface area contributed by atoms with Gasteiger partial charge in [-0.1, -0.05) is 25.7 Å². The van der Waals surface area contributed by atoms with Gasteiger partial charge < -0.3 is 18.9 Å². The maximum absolute atomic E-state index is 14.0. The van der Waals surface area contributed by atoms with Gasteiger partial charge in [0.25, 0.3) is 0 Å². The van der Waals surface area contributed by atoms with Crippen LogP contribution in [0.5, 0.6) is 0 Å². The van der Waals surface area contributed by atoms with Gasteiger partial charge in [0.2, 0.25) is 0 Å². The van der Waals surface area contributed by atoms with Crippen molar-refractivity contribution >= 4 is 11.9 Å². The van der Waals surface area contributed by atoms with Crippen LogP contribution in [0.4, 0.5) is 17.6 Å². The second-order valence-corrected chi connectivity index (χ2v) is 10.2. The second-order valence-electron chi connectivity index (χ2n) is 10.2. The summed E-state index contributed by atoms with van der Waals surface area (Å²) in [5, 5.41) is 0. The lowest BCUT2D eigenvalue weighted by molar-refractivity contribution is -0.299. The Hall–Kier alpha value is -1.94. The van der Waals surface area contributed by atoms with Crippen LogP contribution in [0.2, 0.25) is 0 Å². The highest BCUT2D eigenvalue weighted by Crippen LogP contribution is 2.50. The number of carbonyl (C=O) groups excluding carboxylic acids is 2. The number of rotatable bonds is 7. The van der Waals surface area contributed by atoms with Gasteiger partial charge in [-0.15, -0.1) is 0 Å². The van der Waals surface area contributed by atoms with Gasteiger partial charge in [0, 0.05) is 17.4 Å². The number of carbonyl (C=O) groups is 2. The van der Waals surface area contributed by atoms with Crippen LogP contribution in [0.1, 0.15) is 65.2 Å². The summed E-state index contributed by atoms with van der Waals surface area (Å²) in [6.45, 7) is 7.71. The SMILES string of the molecule is C=C1CC(C)C2(OCC(F)(F)C(F)(F)CO2)C(CCOC(=O)CC2(OC(=O)C(=C)C)CCCC2)C1. The Kier molecular flexibility index (Phi) is 8.06. The number of hydrogen-bond donors (Lipinski definition) is 0. The van der Waals surface area contributed by atoms with E-state index >= 15 is 0 Å². The Morgan fingerprint density at radius 1 is 1.06 bits per heavy atom. The molecule has 0 amide bonds. The molecule has 6 nitrogen and oxygen atoms in total. The van der Waals surface area contributed by atoms with Gasteiger partial charge in [-0.3, -0.25) is 4.79 Å². The van der Waals surface area contributed by atoms with Gasteiger partial charge in [-0.25, -0.2) is 4.79 Å². The molecule has 3 aliphatic rings. The van der Waals surface area contributed by atoms with Crippen molar-refractivity contribution < 1.29 is 46.1 Å². The maximum Gasteiger partial charge on any atom is 0.335 e. The minimum Gasteiger partial charge on any atom is -0.466 e. The Morgan fingerprint density at radius 3 is 2.17 bits per heavy atom. The molecule has 2 aliphatic carbocycles. The molecule has 1 spiro atoms. The molecule has 0 aromatic rings. The first-order valence-corrected chi connectivity index (χ1v) is 12.0. The van der Waals surface area contributed by atoms with Crippen LogP contribution in [0.25, 0.3) is 0 Å². The molecule has 0 radical (unpaired) electrons. The zero-order chi connectivity index (χ0) is 26.1. The predicted octanol–water partition coefficient (Wildman–Crippen LogP) is 5.36. The molecule has 0 aromatic carbocycles. The minimum atomic E-state index is -4.36. The molecule has 0 bridgehead atoms. The van der Waals surface area contributed by atoms with Crippen molar-refractivity contribution in [2.24, 2.45) is 11.8 Å². The summed E-state index contributed by atoms with van der Waals surface area (Å²) in [5.41, 5.74) is 0.110. The molecule has 0 aromatic heterocycles. The smallest absolute Gasteiger partial charge is 0.335 e. The van der Waals surface area contributed by atoms with E-state index in [1.807, 2.05) is 0 Å². The van der Waals surface area contributed by atoms with Crippen molar-refractivity contribution in [3.63, 3.8) is 0 Å². The van der Waals surface area contributed by atoms with Gasteiger partial charge in [-0.05, 0) is 51.9 Å². The van der Waals surface area contributed by atoms with E-state index in [0.717, 1.165) is 18.4 Å². The molecule has 10 heteroatoms. The fourth-order valence-electron chi connectivity index (χ4n) is 5.28. The van der Waals surface area contributed by atoms with Crippen molar-refractivity contribution in [1.29, 1.82) is 0 Å². The normalized spacial score (nSPS) is 28.8. The topological polar surface area (TPSA) is 71.1 Å². The van der Waals surface area contributed by atoms with E-state index in [1.54, 1.807) is 6.92 Å². The average molecular weight is 507 g/mol. The lowest BCUT2D eigenvalue weighted by atomic mass is 9.73. The molecule has 2 saturated carbocycles. The summed E-state index contributed by atoms with van der Waals surface area (Å²) in [6.07, 6.45) is 3.41. The van der Waals surface area contributed by atoms with E-state index in [4.69, 9.17) is 18.9 Å². The van der Waals surface area contributed by atoms with Crippen molar-refractivity contribution in [3.8, 4) is 0 Å². The summed E-state index contributed by atoms with van der Waals surface area (Å²) < 4.78 is 77.6. The van der Waals surface area contributed by atoms with E-state index in [2.05, 4.69) is 13.2 Å². The molecule has 198 valence electrons. The summed E-state index contributed by atoms with van der Waals surface area (Å²) in [7, 11) is 0.